The van der Waals surface area contributed by atoms with Crippen LogP contribution in [0.3, 0.4) is 0 Å². The summed E-state index contributed by atoms with van der Waals surface area (Å²) in [6, 6.07) is 0. The molecule has 0 rings (SSSR count). The zero-order chi connectivity index (χ0) is 10.8. The molecule has 1 atom stereocenters. The molecular weight excluding hydrogens is 189 g/mol. The van der Waals surface area contributed by atoms with Gasteiger partial charge in [0.15, 0.2) is 6.17 Å². The summed E-state index contributed by atoms with van der Waals surface area (Å²) in [6.07, 6.45) is 3.19. The van der Waals surface area contributed by atoms with Crippen LogP contribution in [0, 0.1) is 6.43 Å². The monoisotopic (exact) mass is 209 g/mol. The van der Waals surface area contributed by atoms with Gasteiger partial charge in [-0.2, -0.15) is 8.78 Å². The molecule has 0 saturated carbocycles. The summed E-state index contributed by atoms with van der Waals surface area (Å²) in [4.78, 5) is 0. The SMILES string of the molecule is CCCCCCCCCC(F)[C](F)F. The van der Waals surface area contributed by atoms with Crippen LogP contribution < -0.4 is 0 Å². The van der Waals surface area contributed by atoms with E-state index in [4.69, 9.17) is 0 Å². The van der Waals surface area contributed by atoms with Gasteiger partial charge in [-0.15, -0.1) is 0 Å². The molecule has 0 bridgehead atoms. The molecule has 0 N–H and O–H groups in total. The Morgan fingerprint density at radius 3 is 1.93 bits per heavy atom. The van der Waals surface area contributed by atoms with Crippen molar-refractivity contribution in [2.24, 2.45) is 0 Å². The first-order chi connectivity index (χ1) is 6.68. The van der Waals surface area contributed by atoms with Crippen LogP contribution >= 0.6 is 0 Å². The van der Waals surface area contributed by atoms with Gasteiger partial charge in [-0.05, 0) is 6.42 Å². The minimum atomic E-state index is -2.07. The number of unbranched alkanes of at least 4 members (excludes halogenated alkanes) is 6. The number of hydrogen-bond donors (Lipinski definition) is 0. The van der Waals surface area contributed by atoms with Gasteiger partial charge in [0.2, 0.25) is 0 Å². The van der Waals surface area contributed by atoms with E-state index in [1.54, 1.807) is 0 Å². The van der Waals surface area contributed by atoms with Crippen molar-refractivity contribution >= 4 is 0 Å². The van der Waals surface area contributed by atoms with Gasteiger partial charge in [0.05, 0.1) is 0 Å². The summed E-state index contributed by atoms with van der Waals surface area (Å²) in [7, 11) is 0. The number of rotatable bonds is 9. The minimum Gasteiger partial charge on any atom is -0.241 e. The Kier molecular flexibility index (Phi) is 9.21. The van der Waals surface area contributed by atoms with E-state index in [1.807, 2.05) is 0 Å². The van der Waals surface area contributed by atoms with Crippen molar-refractivity contribution in [1.82, 2.24) is 0 Å². The molecule has 1 unspecified atom stereocenters. The molecule has 0 heterocycles. The molecule has 14 heavy (non-hydrogen) atoms. The second-order valence-corrected chi connectivity index (χ2v) is 3.67. The predicted octanol–water partition coefficient (Wildman–Crippen LogP) is 4.89. The molecule has 0 aromatic carbocycles. The molecule has 0 saturated heterocycles. The number of hydrogen-bond acceptors (Lipinski definition) is 0. The second kappa shape index (κ2) is 9.35. The quantitative estimate of drug-likeness (QED) is 0.474. The topological polar surface area (TPSA) is 0 Å². The summed E-state index contributed by atoms with van der Waals surface area (Å²) in [6.45, 7) is 2.15. The van der Waals surface area contributed by atoms with Crippen molar-refractivity contribution in [2.45, 2.75) is 64.5 Å². The zero-order valence-electron chi connectivity index (χ0n) is 8.87. The predicted molar refractivity (Wildman–Crippen MR) is 53.0 cm³/mol. The molecule has 0 spiro atoms. The Bertz CT molecular complexity index is 115. The molecule has 3 heteroatoms. The molecule has 1 radical (unpaired) electrons. The maximum absolute atomic E-state index is 12.4. The van der Waals surface area contributed by atoms with Crippen LogP contribution in [0.4, 0.5) is 13.2 Å². The van der Waals surface area contributed by atoms with Crippen LogP contribution in [0.15, 0.2) is 0 Å². The lowest BCUT2D eigenvalue weighted by Gasteiger charge is -2.04. The van der Waals surface area contributed by atoms with Crippen LogP contribution in [0.2, 0.25) is 0 Å². The van der Waals surface area contributed by atoms with Crippen molar-refractivity contribution in [3.05, 3.63) is 6.43 Å². The average molecular weight is 209 g/mol. The van der Waals surface area contributed by atoms with Crippen LogP contribution in [-0.4, -0.2) is 6.17 Å². The fraction of sp³-hybridized carbons (Fsp3) is 0.909. The van der Waals surface area contributed by atoms with E-state index in [0.717, 1.165) is 19.3 Å². The van der Waals surface area contributed by atoms with E-state index in [-0.39, 0.29) is 6.42 Å². The van der Waals surface area contributed by atoms with Gasteiger partial charge < -0.3 is 0 Å². The lowest BCUT2D eigenvalue weighted by molar-refractivity contribution is 0.148. The van der Waals surface area contributed by atoms with Crippen molar-refractivity contribution < 1.29 is 13.2 Å². The molecule has 0 aromatic rings. The Morgan fingerprint density at radius 2 is 1.43 bits per heavy atom. The smallest absolute Gasteiger partial charge is 0.241 e. The summed E-state index contributed by atoms with van der Waals surface area (Å²) in [5.74, 6) is 0. The molecule has 0 nitrogen and oxygen atoms in total. The fourth-order valence-corrected chi connectivity index (χ4v) is 1.39. The van der Waals surface area contributed by atoms with E-state index >= 15 is 0 Å². The molecule has 0 aliphatic rings. The van der Waals surface area contributed by atoms with Gasteiger partial charge in [-0.1, -0.05) is 51.9 Å². The van der Waals surface area contributed by atoms with Crippen molar-refractivity contribution in [3.8, 4) is 0 Å². The van der Waals surface area contributed by atoms with E-state index < -0.39 is 12.6 Å². The van der Waals surface area contributed by atoms with Crippen molar-refractivity contribution in [2.75, 3.05) is 0 Å². The van der Waals surface area contributed by atoms with Crippen molar-refractivity contribution in [1.29, 1.82) is 0 Å². The van der Waals surface area contributed by atoms with E-state index in [1.165, 1.54) is 19.3 Å². The first-order valence-corrected chi connectivity index (χ1v) is 5.50. The summed E-state index contributed by atoms with van der Waals surface area (Å²) in [5, 5.41) is 0. The number of halogens is 3. The summed E-state index contributed by atoms with van der Waals surface area (Å²) >= 11 is 0. The Balaban J connectivity index is 3.06. The van der Waals surface area contributed by atoms with Crippen LogP contribution in [-0.2, 0) is 0 Å². The molecule has 0 amide bonds. The highest BCUT2D eigenvalue weighted by Gasteiger charge is 2.20. The maximum atomic E-state index is 12.4. The Labute approximate surface area is 84.9 Å². The lowest BCUT2D eigenvalue weighted by atomic mass is 10.1. The van der Waals surface area contributed by atoms with Gasteiger partial charge in [0.1, 0.15) is 0 Å². The molecule has 0 aromatic heterocycles. The molecule has 0 fully saturated rings. The molecular formula is C11H20F3. The molecule has 85 valence electrons. The van der Waals surface area contributed by atoms with Crippen LogP contribution in [0.5, 0.6) is 0 Å². The maximum Gasteiger partial charge on any atom is 0.343 e. The average Bonchev–Trinajstić information content (AvgIpc) is 2.16. The summed E-state index contributed by atoms with van der Waals surface area (Å²) in [5.41, 5.74) is 0. The van der Waals surface area contributed by atoms with Gasteiger partial charge in [0, 0.05) is 0 Å². The highest BCUT2D eigenvalue weighted by Crippen LogP contribution is 2.20. The van der Waals surface area contributed by atoms with Gasteiger partial charge in [-0.3, -0.25) is 0 Å². The fourth-order valence-electron chi connectivity index (χ4n) is 1.39. The van der Waals surface area contributed by atoms with Crippen molar-refractivity contribution in [3.63, 3.8) is 0 Å². The van der Waals surface area contributed by atoms with E-state index in [2.05, 4.69) is 6.92 Å². The van der Waals surface area contributed by atoms with Gasteiger partial charge >= 0.3 is 6.43 Å². The minimum absolute atomic E-state index is 0.0177. The Morgan fingerprint density at radius 1 is 0.929 bits per heavy atom. The van der Waals surface area contributed by atoms with E-state index in [0.29, 0.717) is 6.42 Å². The standard InChI is InChI=1S/C11H20F3/c1-2-3-4-5-6-7-8-9-10(12)11(13)14/h10H,2-9H2,1H3. The highest BCUT2D eigenvalue weighted by molar-refractivity contribution is 4.72. The first-order valence-electron chi connectivity index (χ1n) is 5.50. The Hall–Kier alpha value is -0.210. The van der Waals surface area contributed by atoms with Crippen LogP contribution in [0.1, 0.15) is 58.3 Å². The third-order valence-electron chi connectivity index (χ3n) is 2.30. The molecule has 0 aliphatic heterocycles. The van der Waals surface area contributed by atoms with Crippen LogP contribution in [0.25, 0.3) is 0 Å². The van der Waals surface area contributed by atoms with E-state index in [9.17, 15) is 13.2 Å². The third-order valence-corrected chi connectivity index (χ3v) is 2.30. The first kappa shape index (κ1) is 13.8. The lowest BCUT2D eigenvalue weighted by Crippen LogP contribution is -2.03. The summed E-state index contributed by atoms with van der Waals surface area (Å²) < 4.78 is 35.7. The van der Waals surface area contributed by atoms with Gasteiger partial charge in [0.25, 0.3) is 0 Å². The number of alkyl halides is 1. The third kappa shape index (κ3) is 8.39. The second-order valence-electron chi connectivity index (χ2n) is 3.67. The highest BCUT2D eigenvalue weighted by atomic mass is 19.3. The van der Waals surface area contributed by atoms with Gasteiger partial charge in [-0.25, -0.2) is 4.39 Å². The normalized spacial score (nSPS) is 13.5. The largest absolute Gasteiger partial charge is 0.343 e. The zero-order valence-corrected chi connectivity index (χ0v) is 8.87. The molecule has 0 aliphatic carbocycles.